The van der Waals surface area contributed by atoms with Gasteiger partial charge in [-0.1, -0.05) is 30.3 Å². The average molecular weight is 225 g/mol. The van der Waals surface area contributed by atoms with Crippen molar-refractivity contribution in [2.75, 3.05) is 5.73 Å². The standard InChI is InChI=1S/C13H11NO.N2/c14-12-8-6-11(7-9-12)13(15)10-4-2-1-3-5-10;1-2/h1-9H,14H2;. The lowest BCUT2D eigenvalue weighted by molar-refractivity contribution is 0.103. The highest BCUT2D eigenvalue weighted by Gasteiger charge is 2.06. The SMILES string of the molecule is N#N.Nc1ccc(C(=O)c2ccccc2)cc1. The van der Waals surface area contributed by atoms with Gasteiger partial charge in [0.15, 0.2) is 5.78 Å². The van der Waals surface area contributed by atoms with Gasteiger partial charge >= 0.3 is 0 Å². The largest absolute Gasteiger partial charge is 0.399 e. The van der Waals surface area contributed by atoms with Crippen LogP contribution >= 0.6 is 0 Å². The first-order valence-electron chi connectivity index (χ1n) is 4.92. The first-order chi connectivity index (χ1) is 8.27. The second-order valence-electron chi connectivity index (χ2n) is 3.32. The van der Waals surface area contributed by atoms with Gasteiger partial charge in [0.1, 0.15) is 0 Å². The smallest absolute Gasteiger partial charge is 0.193 e. The molecule has 84 valence electrons. The molecule has 0 fully saturated rings. The molecule has 4 nitrogen and oxygen atoms in total. The Morgan fingerprint density at radius 2 is 1.29 bits per heavy atom. The van der Waals surface area contributed by atoms with Crippen LogP contribution in [0.3, 0.4) is 0 Å². The van der Waals surface area contributed by atoms with Crippen LogP contribution in [-0.2, 0) is 0 Å². The van der Waals surface area contributed by atoms with Crippen LogP contribution < -0.4 is 5.73 Å². The Kier molecular flexibility index (Phi) is 4.40. The number of benzene rings is 2. The molecule has 0 radical (unpaired) electrons. The van der Waals surface area contributed by atoms with Gasteiger partial charge < -0.3 is 5.73 Å². The number of hydrogen-bond donors (Lipinski definition) is 1. The van der Waals surface area contributed by atoms with E-state index >= 15 is 0 Å². The van der Waals surface area contributed by atoms with Crippen LogP contribution in [0.1, 0.15) is 15.9 Å². The first kappa shape index (κ1) is 12.4. The Morgan fingerprint density at radius 3 is 1.82 bits per heavy atom. The number of nitrogens with two attached hydrogens (primary N) is 1. The predicted octanol–water partition coefficient (Wildman–Crippen LogP) is 2.53. The van der Waals surface area contributed by atoms with Gasteiger partial charge in [0.05, 0.1) is 0 Å². The summed E-state index contributed by atoms with van der Waals surface area (Å²) in [7, 11) is 0. The number of nitrogen functional groups attached to an aromatic ring is 1. The van der Waals surface area contributed by atoms with E-state index in [1.807, 2.05) is 18.2 Å². The Labute approximate surface area is 99.1 Å². The molecule has 2 N–H and O–H groups in total. The van der Waals surface area contributed by atoms with E-state index in [4.69, 9.17) is 16.5 Å². The fourth-order valence-corrected chi connectivity index (χ4v) is 1.39. The minimum absolute atomic E-state index is 0.0237. The van der Waals surface area contributed by atoms with E-state index < -0.39 is 0 Å². The molecule has 0 aliphatic heterocycles. The molecule has 0 aliphatic carbocycles. The third kappa shape index (κ3) is 3.14. The summed E-state index contributed by atoms with van der Waals surface area (Å²) in [5, 5.41) is 12.0. The van der Waals surface area contributed by atoms with Crippen molar-refractivity contribution in [3.63, 3.8) is 0 Å². The molecule has 4 heteroatoms. The van der Waals surface area contributed by atoms with E-state index in [1.54, 1.807) is 36.4 Å². The summed E-state index contributed by atoms with van der Waals surface area (Å²) < 4.78 is 0. The second kappa shape index (κ2) is 6.03. The monoisotopic (exact) mass is 225 g/mol. The number of ketones is 1. The summed E-state index contributed by atoms with van der Waals surface area (Å²) in [4.78, 5) is 11.9. The van der Waals surface area contributed by atoms with E-state index in [0.29, 0.717) is 16.8 Å². The number of nitrogens with zero attached hydrogens (tertiary/aromatic N) is 2. The Balaban J connectivity index is 0.000000686. The van der Waals surface area contributed by atoms with Gasteiger partial charge in [0.25, 0.3) is 0 Å². The van der Waals surface area contributed by atoms with Gasteiger partial charge in [0, 0.05) is 27.6 Å². The Hall–Kier alpha value is -2.67. The normalized spacial score (nSPS) is 8.82. The maximum Gasteiger partial charge on any atom is 0.193 e. The second-order valence-corrected chi connectivity index (χ2v) is 3.32. The molecule has 0 atom stereocenters. The highest BCUT2D eigenvalue weighted by molar-refractivity contribution is 6.09. The highest BCUT2D eigenvalue weighted by atomic mass is 16.1. The van der Waals surface area contributed by atoms with Crippen molar-refractivity contribution in [2.45, 2.75) is 0 Å². The van der Waals surface area contributed by atoms with E-state index in [0.717, 1.165) is 0 Å². The molecule has 17 heavy (non-hydrogen) atoms. The highest BCUT2D eigenvalue weighted by Crippen LogP contribution is 2.11. The molecule has 2 rings (SSSR count). The maximum absolute atomic E-state index is 11.9. The number of anilines is 1. The van der Waals surface area contributed by atoms with Crippen LogP contribution in [-0.4, -0.2) is 5.78 Å². The third-order valence-corrected chi connectivity index (χ3v) is 2.21. The molecule has 0 heterocycles. The lowest BCUT2D eigenvalue weighted by atomic mass is 10.0. The molecule has 2 aromatic carbocycles. The van der Waals surface area contributed by atoms with Gasteiger partial charge in [-0.2, -0.15) is 0 Å². The lowest BCUT2D eigenvalue weighted by Crippen LogP contribution is -2.00. The van der Waals surface area contributed by atoms with E-state index in [2.05, 4.69) is 0 Å². The van der Waals surface area contributed by atoms with Crippen molar-refractivity contribution in [1.29, 1.82) is 10.8 Å². The van der Waals surface area contributed by atoms with Gasteiger partial charge in [-0.15, -0.1) is 0 Å². The van der Waals surface area contributed by atoms with Crippen molar-refractivity contribution in [3.05, 3.63) is 65.7 Å². The van der Waals surface area contributed by atoms with Crippen LogP contribution in [0.5, 0.6) is 0 Å². The Bertz CT molecular complexity index is 503. The van der Waals surface area contributed by atoms with Crippen molar-refractivity contribution in [2.24, 2.45) is 0 Å². The zero-order chi connectivity index (χ0) is 12.7. The molecule has 0 aromatic heterocycles. The summed E-state index contributed by atoms with van der Waals surface area (Å²) in [5.74, 6) is 0.0237. The van der Waals surface area contributed by atoms with Gasteiger partial charge in [-0.05, 0) is 24.3 Å². The topological polar surface area (TPSA) is 90.7 Å². The minimum Gasteiger partial charge on any atom is -0.399 e. The lowest BCUT2D eigenvalue weighted by Gasteiger charge is -2.00. The molecule has 0 aliphatic rings. The molecule has 0 saturated heterocycles. The molecule has 0 saturated carbocycles. The van der Waals surface area contributed by atoms with Crippen molar-refractivity contribution in [3.8, 4) is 0 Å². The van der Waals surface area contributed by atoms with Crippen molar-refractivity contribution >= 4 is 11.5 Å². The number of carbonyl (C=O) groups excluding carboxylic acids is 1. The van der Waals surface area contributed by atoms with Gasteiger partial charge in [0.2, 0.25) is 0 Å². The molecule has 0 amide bonds. The summed E-state index contributed by atoms with van der Waals surface area (Å²) in [6.45, 7) is 0. The van der Waals surface area contributed by atoms with E-state index in [1.165, 1.54) is 0 Å². The summed E-state index contributed by atoms with van der Waals surface area (Å²) in [6.07, 6.45) is 0. The molecular weight excluding hydrogens is 214 g/mol. The molecular formula is C13H11N3O. The van der Waals surface area contributed by atoms with E-state index in [9.17, 15) is 4.79 Å². The van der Waals surface area contributed by atoms with Crippen molar-refractivity contribution in [1.82, 2.24) is 0 Å². The minimum atomic E-state index is 0.0237. The van der Waals surface area contributed by atoms with Crippen LogP contribution in [0.15, 0.2) is 54.6 Å². The summed E-state index contributed by atoms with van der Waals surface area (Å²) in [5.41, 5.74) is 7.58. The molecule has 2 aromatic rings. The Morgan fingerprint density at radius 1 is 0.824 bits per heavy atom. The van der Waals surface area contributed by atoms with Gasteiger partial charge in [-0.25, -0.2) is 0 Å². The number of carbonyl (C=O) groups is 1. The predicted molar refractivity (Wildman–Crippen MR) is 64.2 cm³/mol. The van der Waals surface area contributed by atoms with Crippen LogP contribution in [0.2, 0.25) is 0 Å². The molecule has 0 spiro atoms. The molecule has 0 bridgehead atoms. The first-order valence-corrected chi connectivity index (χ1v) is 4.92. The fourth-order valence-electron chi connectivity index (χ4n) is 1.39. The quantitative estimate of drug-likeness (QED) is 0.483. The zero-order valence-electron chi connectivity index (χ0n) is 9.08. The summed E-state index contributed by atoms with van der Waals surface area (Å²) >= 11 is 0. The maximum atomic E-state index is 11.9. The van der Waals surface area contributed by atoms with Gasteiger partial charge in [-0.3, -0.25) is 4.79 Å². The number of hydrogen-bond acceptors (Lipinski definition) is 4. The number of rotatable bonds is 2. The van der Waals surface area contributed by atoms with E-state index in [-0.39, 0.29) is 5.78 Å². The van der Waals surface area contributed by atoms with Crippen LogP contribution in [0, 0.1) is 10.8 Å². The van der Waals surface area contributed by atoms with Crippen LogP contribution in [0.4, 0.5) is 5.69 Å². The van der Waals surface area contributed by atoms with Crippen LogP contribution in [0.25, 0.3) is 0 Å². The fraction of sp³-hybridized carbons (Fsp3) is 0. The van der Waals surface area contributed by atoms with Crippen molar-refractivity contribution < 1.29 is 4.79 Å². The average Bonchev–Trinajstić information content (AvgIpc) is 2.42. The third-order valence-electron chi connectivity index (χ3n) is 2.21. The zero-order valence-corrected chi connectivity index (χ0v) is 9.08. The molecule has 0 unspecified atom stereocenters. The summed E-state index contributed by atoms with van der Waals surface area (Å²) in [6, 6.07) is 16.1.